The molecule has 2 aromatic carbocycles. The van der Waals surface area contributed by atoms with Crippen LogP contribution in [0.4, 0.5) is 0 Å². The minimum atomic E-state index is 0.116. The molecule has 0 aliphatic carbocycles. The number of amides is 1. The molecule has 1 fully saturated rings. The summed E-state index contributed by atoms with van der Waals surface area (Å²) in [7, 11) is 3.50. The van der Waals surface area contributed by atoms with Crippen molar-refractivity contribution in [3.8, 4) is 5.75 Å². The Bertz CT molecular complexity index is 750. The first-order chi connectivity index (χ1) is 13.1. The van der Waals surface area contributed by atoms with Gasteiger partial charge in [0.15, 0.2) is 0 Å². The monoisotopic (exact) mass is 367 g/mol. The van der Waals surface area contributed by atoms with Gasteiger partial charge in [-0.3, -0.25) is 9.69 Å². The lowest BCUT2D eigenvalue weighted by molar-refractivity contribution is -0.131. The van der Waals surface area contributed by atoms with Crippen molar-refractivity contribution in [1.82, 2.24) is 9.80 Å². The Hall–Kier alpha value is -2.37. The molecule has 2 atom stereocenters. The molecular weight excluding hydrogens is 338 g/mol. The maximum absolute atomic E-state index is 12.8. The van der Waals surface area contributed by atoms with Crippen LogP contribution in [0.3, 0.4) is 0 Å². The van der Waals surface area contributed by atoms with Crippen LogP contribution >= 0.6 is 0 Å². The Balaban J connectivity index is 1.60. The number of nitrogens with zero attached hydrogens (tertiary/aromatic N) is 2. The zero-order valence-electron chi connectivity index (χ0n) is 16.2. The molecule has 2 aromatic rings. The Morgan fingerprint density at radius 3 is 2.56 bits per heavy atom. The summed E-state index contributed by atoms with van der Waals surface area (Å²) in [5, 5.41) is 0. The SMILES string of the molecule is COc1ccccc1CN(C)C(=O)CN1C[C@@H](CN)[C@H](c2ccccc2)C1. The first-order valence-electron chi connectivity index (χ1n) is 9.45. The van der Waals surface area contributed by atoms with E-state index >= 15 is 0 Å². The van der Waals surface area contributed by atoms with Crippen molar-refractivity contribution in [1.29, 1.82) is 0 Å². The van der Waals surface area contributed by atoms with Crippen molar-refractivity contribution in [3.63, 3.8) is 0 Å². The summed E-state index contributed by atoms with van der Waals surface area (Å²) in [6, 6.07) is 18.3. The summed E-state index contributed by atoms with van der Waals surface area (Å²) in [5.41, 5.74) is 8.34. The lowest BCUT2D eigenvalue weighted by Crippen LogP contribution is -2.37. The molecule has 0 unspecified atom stereocenters. The molecule has 27 heavy (non-hydrogen) atoms. The van der Waals surface area contributed by atoms with E-state index in [-0.39, 0.29) is 5.91 Å². The standard InChI is InChI=1S/C22H29N3O2/c1-24(13-18-10-6-7-11-21(18)27-2)22(26)16-25-14-19(12-23)20(15-25)17-8-4-3-5-9-17/h3-11,19-20H,12-16,23H2,1-2H3/t19-,20+/m1/s1. The summed E-state index contributed by atoms with van der Waals surface area (Å²) in [5.74, 6) is 1.71. The second-order valence-electron chi connectivity index (χ2n) is 7.27. The van der Waals surface area contributed by atoms with Gasteiger partial charge in [0.1, 0.15) is 5.75 Å². The molecule has 1 aliphatic heterocycles. The van der Waals surface area contributed by atoms with Gasteiger partial charge in [0.05, 0.1) is 13.7 Å². The van der Waals surface area contributed by atoms with Crippen LogP contribution in [0.5, 0.6) is 5.75 Å². The lowest BCUT2D eigenvalue weighted by atomic mass is 9.89. The summed E-state index contributed by atoms with van der Waals surface area (Å²) >= 11 is 0. The predicted octanol–water partition coefficient (Wildman–Crippen LogP) is 2.33. The second kappa shape index (κ2) is 9.02. The van der Waals surface area contributed by atoms with Crippen LogP contribution in [0.25, 0.3) is 0 Å². The molecule has 1 saturated heterocycles. The summed E-state index contributed by atoms with van der Waals surface area (Å²) in [6.45, 7) is 3.34. The van der Waals surface area contributed by atoms with E-state index in [1.165, 1.54) is 5.56 Å². The molecule has 1 amide bonds. The normalized spacial score (nSPS) is 19.8. The Morgan fingerprint density at radius 1 is 1.15 bits per heavy atom. The maximum atomic E-state index is 12.8. The third-order valence-electron chi connectivity index (χ3n) is 5.43. The summed E-state index contributed by atoms with van der Waals surface area (Å²) in [6.07, 6.45) is 0. The fourth-order valence-corrected chi connectivity index (χ4v) is 3.90. The highest BCUT2D eigenvalue weighted by atomic mass is 16.5. The fourth-order valence-electron chi connectivity index (χ4n) is 3.90. The minimum Gasteiger partial charge on any atom is -0.496 e. The van der Waals surface area contributed by atoms with Gasteiger partial charge in [-0.05, 0) is 24.1 Å². The molecule has 5 heteroatoms. The number of carbonyl (C=O) groups excluding carboxylic acids is 1. The summed E-state index contributed by atoms with van der Waals surface area (Å²) < 4.78 is 5.39. The Labute approximate surface area is 161 Å². The van der Waals surface area contributed by atoms with Gasteiger partial charge in [-0.2, -0.15) is 0 Å². The van der Waals surface area contributed by atoms with Crippen molar-refractivity contribution in [2.45, 2.75) is 12.5 Å². The van der Waals surface area contributed by atoms with Gasteiger partial charge < -0.3 is 15.4 Å². The number of ether oxygens (including phenoxy) is 1. The molecule has 0 bridgehead atoms. The molecule has 3 rings (SSSR count). The third-order valence-corrected chi connectivity index (χ3v) is 5.43. The van der Waals surface area contributed by atoms with E-state index in [0.717, 1.165) is 24.4 Å². The largest absolute Gasteiger partial charge is 0.496 e. The first kappa shape index (κ1) is 19.4. The van der Waals surface area contributed by atoms with Crippen molar-refractivity contribution in [2.24, 2.45) is 11.7 Å². The molecule has 0 spiro atoms. The highest BCUT2D eigenvalue weighted by Crippen LogP contribution is 2.31. The predicted molar refractivity (Wildman–Crippen MR) is 108 cm³/mol. The third kappa shape index (κ3) is 4.67. The number of likely N-dealkylation sites (tertiary alicyclic amines) is 1. The first-order valence-corrected chi connectivity index (χ1v) is 9.45. The zero-order valence-corrected chi connectivity index (χ0v) is 16.2. The van der Waals surface area contributed by atoms with Crippen LogP contribution in [0.1, 0.15) is 17.0 Å². The van der Waals surface area contributed by atoms with Crippen molar-refractivity contribution in [3.05, 3.63) is 65.7 Å². The number of para-hydroxylation sites is 1. The average Bonchev–Trinajstić information content (AvgIpc) is 3.11. The molecular formula is C22H29N3O2. The molecule has 1 heterocycles. The minimum absolute atomic E-state index is 0.116. The van der Waals surface area contributed by atoms with E-state index in [2.05, 4.69) is 29.2 Å². The number of hydrogen-bond acceptors (Lipinski definition) is 4. The van der Waals surface area contributed by atoms with E-state index in [9.17, 15) is 4.79 Å². The quantitative estimate of drug-likeness (QED) is 0.816. The van der Waals surface area contributed by atoms with Crippen LogP contribution in [0, 0.1) is 5.92 Å². The van der Waals surface area contributed by atoms with E-state index in [0.29, 0.717) is 31.5 Å². The highest BCUT2D eigenvalue weighted by molar-refractivity contribution is 5.78. The van der Waals surface area contributed by atoms with E-state index < -0.39 is 0 Å². The van der Waals surface area contributed by atoms with Gasteiger partial charge in [0, 0.05) is 38.2 Å². The number of likely N-dealkylation sites (N-methyl/N-ethyl adjacent to an activating group) is 1. The molecule has 0 aromatic heterocycles. The van der Waals surface area contributed by atoms with E-state index in [4.69, 9.17) is 10.5 Å². The van der Waals surface area contributed by atoms with Gasteiger partial charge in [-0.25, -0.2) is 0 Å². The summed E-state index contributed by atoms with van der Waals surface area (Å²) in [4.78, 5) is 16.8. The molecule has 1 aliphatic rings. The van der Waals surface area contributed by atoms with Gasteiger partial charge in [-0.1, -0.05) is 48.5 Å². The van der Waals surface area contributed by atoms with Gasteiger partial charge in [0.2, 0.25) is 5.91 Å². The fraction of sp³-hybridized carbons (Fsp3) is 0.409. The second-order valence-corrected chi connectivity index (χ2v) is 7.27. The van der Waals surface area contributed by atoms with Crippen LogP contribution in [0.2, 0.25) is 0 Å². The van der Waals surface area contributed by atoms with E-state index in [1.807, 2.05) is 37.4 Å². The van der Waals surface area contributed by atoms with Crippen molar-refractivity contribution < 1.29 is 9.53 Å². The lowest BCUT2D eigenvalue weighted by Gasteiger charge is -2.22. The highest BCUT2D eigenvalue weighted by Gasteiger charge is 2.33. The van der Waals surface area contributed by atoms with Crippen LogP contribution in [0.15, 0.2) is 54.6 Å². The van der Waals surface area contributed by atoms with Crippen molar-refractivity contribution in [2.75, 3.05) is 40.3 Å². The van der Waals surface area contributed by atoms with Gasteiger partial charge in [-0.15, -0.1) is 0 Å². The Morgan fingerprint density at radius 2 is 1.85 bits per heavy atom. The van der Waals surface area contributed by atoms with Gasteiger partial charge >= 0.3 is 0 Å². The van der Waals surface area contributed by atoms with Gasteiger partial charge in [0.25, 0.3) is 0 Å². The number of hydrogen-bond donors (Lipinski definition) is 1. The number of carbonyl (C=O) groups is 1. The number of nitrogens with two attached hydrogens (primary N) is 1. The molecule has 0 saturated carbocycles. The molecule has 2 N–H and O–H groups in total. The Kier molecular flexibility index (Phi) is 6.48. The maximum Gasteiger partial charge on any atom is 0.236 e. The van der Waals surface area contributed by atoms with E-state index in [1.54, 1.807) is 12.0 Å². The number of benzene rings is 2. The zero-order chi connectivity index (χ0) is 19.2. The molecule has 144 valence electrons. The van der Waals surface area contributed by atoms with Crippen LogP contribution in [-0.4, -0.2) is 56.0 Å². The van der Waals surface area contributed by atoms with Crippen LogP contribution in [-0.2, 0) is 11.3 Å². The smallest absolute Gasteiger partial charge is 0.236 e. The average molecular weight is 367 g/mol. The molecule has 5 nitrogen and oxygen atoms in total. The van der Waals surface area contributed by atoms with Crippen LogP contribution < -0.4 is 10.5 Å². The topological polar surface area (TPSA) is 58.8 Å². The number of rotatable bonds is 7. The number of methoxy groups -OCH3 is 1. The van der Waals surface area contributed by atoms with Crippen molar-refractivity contribution >= 4 is 5.91 Å². The molecule has 0 radical (unpaired) electrons.